The molecule has 13 heteroatoms. The summed E-state index contributed by atoms with van der Waals surface area (Å²) in [6.45, 7) is 4.52. The fourth-order valence-corrected chi connectivity index (χ4v) is 8.89. The molecule has 2 saturated heterocycles. The van der Waals surface area contributed by atoms with Gasteiger partial charge in [-0.15, -0.1) is 0 Å². The van der Waals surface area contributed by atoms with Gasteiger partial charge < -0.3 is 23.7 Å². The summed E-state index contributed by atoms with van der Waals surface area (Å²) in [5.74, 6) is -1.32. The van der Waals surface area contributed by atoms with Gasteiger partial charge in [0, 0.05) is 104 Å². The van der Waals surface area contributed by atoms with Crippen LogP contribution in [0.25, 0.3) is 32.9 Å². The van der Waals surface area contributed by atoms with Crippen molar-refractivity contribution in [2.45, 2.75) is 63.5 Å². The summed E-state index contributed by atoms with van der Waals surface area (Å²) in [5.41, 5.74) is 6.25. The summed E-state index contributed by atoms with van der Waals surface area (Å²) in [4.78, 5) is 62.2. The van der Waals surface area contributed by atoms with Gasteiger partial charge >= 0.3 is 0 Å². The first-order chi connectivity index (χ1) is 27.8. The number of benzene rings is 2. The number of rotatable bonds is 15. The number of hydrogen-bond acceptors (Lipinski definition) is 10. The van der Waals surface area contributed by atoms with E-state index in [9.17, 15) is 19.2 Å². The van der Waals surface area contributed by atoms with Crippen LogP contribution in [0, 0.1) is 5.41 Å². The molecular formula is C44H46N6O7. The molecule has 13 nitrogen and oxygen atoms in total. The van der Waals surface area contributed by atoms with Crippen LogP contribution in [-0.2, 0) is 26.1 Å². The number of piperidine rings is 1. The predicted molar refractivity (Wildman–Crippen MR) is 213 cm³/mol. The number of pyridine rings is 2. The maximum atomic E-state index is 13.2. The normalized spacial score (nSPS) is 19.0. The Bertz CT molecular complexity index is 2360. The molecule has 294 valence electrons. The van der Waals surface area contributed by atoms with Crippen LogP contribution in [-0.4, -0.2) is 94.7 Å². The molecule has 3 aliphatic heterocycles. The molecule has 1 unspecified atom stereocenters. The van der Waals surface area contributed by atoms with E-state index in [1.807, 2.05) is 36.8 Å². The van der Waals surface area contributed by atoms with Gasteiger partial charge in [0.2, 0.25) is 17.7 Å². The van der Waals surface area contributed by atoms with Crippen molar-refractivity contribution >= 4 is 51.1 Å². The van der Waals surface area contributed by atoms with Crippen molar-refractivity contribution in [3.05, 3.63) is 84.3 Å². The molecule has 0 bridgehead atoms. The van der Waals surface area contributed by atoms with Gasteiger partial charge in [-0.2, -0.15) is 0 Å². The predicted octanol–water partition coefficient (Wildman–Crippen LogP) is 5.83. The highest BCUT2D eigenvalue weighted by Gasteiger charge is 2.53. The highest BCUT2D eigenvalue weighted by Crippen LogP contribution is 2.51. The minimum atomic E-state index is -0.959. The Hall–Kier alpha value is -5.66. The molecule has 9 rings (SSSR count). The number of imide groups is 2. The molecule has 0 radical (unpaired) electrons. The third-order valence-electron chi connectivity index (χ3n) is 12.0. The summed E-state index contributed by atoms with van der Waals surface area (Å²) < 4.78 is 20.1. The van der Waals surface area contributed by atoms with Crippen molar-refractivity contribution in [3.8, 4) is 17.0 Å². The number of unbranched alkanes of at least 4 members (excludes halogenated alkanes) is 2. The SMILES string of the molecule is Cn1c2ccncc2c2ccc(-c3ccc(OCCCCOCCCCOC4CC5(C4)CN(c4ccc6c(c4)C(=O)N(C4CCC(=O)NC4=O)C6=O)C5)nc3)cc21. The highest BCUT2D eigenvalue weighted by atomic mass is 16.5. The van der Waals surface area contributed by atoms with Gasteiger partial charge in [0.25, 0.3) is 11.8 Å². The van der Waals surface area contributed by atoms with Gasteiger partial charge in [0.1, 0.15) is 6.04 Å². The van der Waals surface area contributed by atoms with E-state index in [2.05, 4.69) is 56.1 Å². The third-order valence-corrected chi connectivity index (χ3v) is 12.0. The average Bonchev–Trinajstić information content (AvgIpc) is 3.61. The number of aromatic nitrogens is 3. The maximum Gasteiger partial charge on any atom is 0.262 e. The standard InChI is InChI=1S/C44H46N6O7/c1-48-36-14-15-45-25-35(36)32-9-6-28(20-38(32)48)29-7-13-40(46-24-29)57-19-5-3-17-55-16-2-4-18-56-31-22-44(23-31)26-49(27-44)30-8-10-33-34(21-30)43(54)50(42(33)53)37-11-12-39(51)47-41(37)52/h6-10,13-15,20-21,24-25,31,37H,2-5,11-12,16-19,22-23,26-27H2,1H3,(H,47,51,52). The second-order valence-electron chi connectivity index (χ2n) is 15.9. The second kappa shape index (κ2) is 15.4. The minimum absolute atomic E-state index is 0.101. The van der Waals surface area contributed by atoms with E-state index in [-0.39, 0.29) is 30.3 Å². The number of anilines is 1. The number of carbonyl (C=O) groups excluding carboxylic acids is 4. The zero-order valence-electron chi connectivity index (χ0n) is 32.1. The Morgan fingerprint density at radius 2 is 1.56 bits per heavy atom. The van der Waals surface area contributed by atoms with E-state index in [4.69, 9.17) is 14.2 Å². The molecule has 57 heavy (non-hydrogen) atoms. The molecule has 3 aromatic heterocycles. The summed E-state index contributed by atoms with van der Waals surface area (Å²) in [5, 5.41) is 4.59. The fourth-order valence-electron chi connectivity index (χ4n) is 8.89. The van der Waals surface area contributed by atoms with Gasteiger partial charge in [-0.05, 0) is 86.9 Å². The Balaban J connectivity index is 0.618. The molecule has 1 atom stereocenters. The number of nitrogens with one attached hydrogen (secondary N) is 1. The summed E-state index contributed by atoms with van der Waals surface area (Å²) in [6, 6.07) is 16.9. The number of carbonyl (C=O) groups is 4. The monoisotopic (exact) mass is 770 g/mol. The van der Waals surface area contributed by atoms with E-state index < -0.39 is 23.8 Å². The van der Waals surface area contributed by atoms with Crippen molar-refractivity contribution < 1.29 is 33.4 Å². The Morgan fingerprint density at radius 3 is 2.35 bits per heavy atom. The summed E-state index contributed by atoms with van der Waals surface area (Å²) >= 11 is 0. The lowest BCUT2D eigenvalue weighted by Crippen LogP contribution is -2.64. The Morgan fingerprint density at radius 1 is 0.789 bits per heavy atom. The second-order valence-corrected chi connectivity index (χ2v) is 15.9. The lowest BCUT2D eigenvalue weighted by Gasteiger charge is -2.59. The largest absolute Gasteiger partial charge is 0.478 e. The topological polar surface area (TPSA) is 145 Å². The molecule has 6 heterocycles. The van der Waals surface area contributed by atoms with Crippen LogP contribution >= 0.6 is 0 Å². The number of fused-ring (bicyclic) bond motifs is 4. The highest BCUT2D eigenvalue weighted by molar-refractivity contribution is 6.23. The summed E-state index contributed by atoms with van der Waals surface area (Å²) in [6.07, 6.45) is 11.9. The Kier molecular flexibility index (Phi) is 9.95. The molecule has 1 N–H and O–H groups in total. The molecule has 4 aliphatic rings. The van der Waals surface area contributed by atoms with Crippen LogP contribution in [0.3, 0.4) is 0 Å². The van der Waals surface area contributed by atoms with Gasteiger partial charge in [-0.3, -0.25) is 34.4 Å². The van der Waals surface area contributed by atoms with Gasteiger partial charge in [0.05, 0.1) is 29.4 Å². The molecule has 3 fully saturated rings. The lowest BCUT2D eigenvalue weighted by atomic mass is 9.61. The smallest absolute Gasteiger partial charge is 0.262 e. The number of nitrogens with zero attached hydrogens (tertiary/aromatic N) is 5. The van der Waals surface area contributed by atoms with Crippen LogP contribution < -0.4 is 15.0 Å². The van der Waals surface area contributed by atoms with E-state index in [1.165, 1.54) is 10.9 Å². The molecule has 1 aliphatic carbocycles. The van der Waals surface area contributed by atoms with Crippen molar-refractivity contribution in [1.29, 1.82) is 0 Å². The lowest BCUT2D eigenvalue weighted by molar-refractivity contribution is -0.136. The molecule has 2 aromatic carbocycles. The van der Waals surface area contributed by atoms with Crippen LogP contribution in [0.15, 0.2) is 73.2 Å². The summed E-state index contributed by atoms with van der Waals surface area (Å²) in [7, 11) is 2.08. The quantitative estimate of drug-likeness (QED) is 0.102. The molecule has 1 spiro atoms. The van der Waals surface area contributed by atoms with E-state index in [0.29, 0.717) is 30.2 Å². The molecule has 5 aromatic rings. The van der Waals surface area contributed by atoms with E-state index in [0.717, 1.165) is 97.4 Å². The number of aryl methyl sites for hydroxylation is 1. The zero-order valence-corrected chi connectivity index (χ0v) is 32.1. The fraction of sp³-hybridized carbons (Fsp3) is 0.409. The first-order valence-corrected chi connectivity index (χ1v) is 20.0. The van der Waals surface area contributed by atoms with Crippen molar-refractivity contribution in [1.82, 2.24) is 24.8 Å². The van der Waals surface area contributed by atoms with Gasteiger partial charge in [0.15, 0.2) is 0 Å². The number of amides is 4. The van der Waals surface area contributed by atoms with Crippen LogP contribution in [0.1, 0.15) is 72.1 Å². The van der Waals surface area contributed by atoms with Gasteiger partial charge in [-0.1, -0.05) is 12.1 Å². The first-order valence-electron chi connectivity index (χ1n) is 20.0. The van der Waals surface area contributed by atoms with E-state index in [1.54, 1.807) is 12.1 Å². The third kappa shape index (κ3) is 7.14. The van der Waals surface area contributed by atoms with Crippen molar-refractivity contribution in [2.75, 3.05) is 44.4 Å². The van der Waals surface area contributed by atoms with Crippen LogP contribution in [0.5, 0.6) is 5.88 Å². The first kappa shape index (κ1) is 36.9. The molecular weight excluding hydrogens is 725 g/mol. The van der Waals surface area contributed by atoms with Crippen LogP contribution in [0.4, 0.5) is 5.69 Å². The van der Waals surface area contributed by atoms with E-state index >= 15 is 0 Å². The minimum Gasteiger partial charge on any atom is -0.478 e. The number of hydrogen-bond donors (Lipinski definition) is 1. The number of ether oxygens (including phenoxy) is 3. The van der Waals surface area contributed by atoms with Crippen LogP contribution in [0.2, 0.25) is 0 Å². The van der Waals surface area contributed by atoms with Gasteiger partial charge in [-0.25, -0.2) is 4.98 Å². The zero-order chi connectivity index (χ0) is 39.1. The maximum absolute atomic E-state index is 13.2. The average molecular weight is 771 g/mol. The molecule has 4 amide bonds. The van der Waals surface area contributed by atoms with Crippen molar-refractivity contribution in [3.63, 3.8) is 0 Å². The molecule has 1 saturated carbocycles. The Labute approximate surface area is 330 Å². The van der Waals surface area contributed by atoms with Crippen molar-refractivity contribution in [2.24, 2.45) is 12.5 Å².